The van der Waals surface area contributed by atoms with Gasteiger partial charge in [-0.2, -0.15) is 0 Å². The molecule has 0 bridgehead atoms. The van der Waals surface area contributed by atoms with Crippen LogP contribution in [0.15, 0.2) is 124 Å². The van der Waals surface area contributed by atoms with Gasteiger partial charge >= 0.3 is 0 Å². The van der Waals surface area contributed by atoms with Crippen molar-refractivity contribution in [2.45, 2.75) is 0 Å². The highest BCUT2D eigenvalue weighted by atomic mass is 16.3. The van der Waals surface area contributed by atoms with Crippen LogP contribution in [0.1, 0.15) is 0 Å². The number of furan rings is 2. The lowest BCUT2D eigenvalue weighted by Gasteiger charge is -2.24. The summed E-state index contributed by atoms with van der Waals surface area (Å²) in [5.41, 5.74) is 4.16. The Labute approximate surface area is 211 Å². The topological polar surface area (TPSA) is 55.3 Å². The van der Waals surface area contributed by atoms with E-state index in [1.165, 1.54) is 5.39 Å². The maximum atomic E-state index is 6.22. The van der Waals surface area contributed by atoms with Crippen molar-refractivity contribution in [3.8, 4) is 0 Å². The monoisotopic (exact) mass is 477 g/mol. The van der Waals surface area contributed by atoms with Gasteiger partial charge < -0.3 is 8.83 Å². The SMILES string of the molecule is c1ccc2cc(N(c3nccc4oc5ccccc5c34)c3nccc4oc5ccccc5c34)ccc2c1. The van der Waals surface area contributed by atoms with Crippen LogP contribution in [0.25, 0.3) is 54.6 Å². The van der Waals surface area contributed by atoms with Crippen LogP contribution in [0.4, 0.5) is 17.3 Å². The van der Waals surface area contributed by atoms with Crippen LogP contribution < -0.4 is 4.90 Å². The number of nitrogens with zero attached hydrogens (tertiary/aromatic N) is 3. The third-order valence-electron chi connectivity index (χ3n) is 6.95. The van der Waals surface area contributed by atoms with Crippen molar-refractivity contribution in [2.75, 3.05) is 4.90 Å². The second-order valence-corrected chi connectivity index (χ2v) is 9.08. The first-order chi connectivity index (χ1) is 18.3. The van der Waals surface area contributed by atoms with E-state index in [0.29, 0.717) is 0 Å². The fourth-order valence-electron chi connectivity index (χ4n) is 5.30. The van der Waals surface area contributed by atoms with Crippen molar-refractivity contribution in [3.63, 3.8) is 0 Å². The number of para-hydroxylation sites is 2. The lowest BCUT2D eigenvalue weighted by molar-refractivity contribution is 0.668. The van der Waals surface area contributed by atoms with Gasteiger partial charge in [0.1, 0.15) is 22.3 Å². The Morgan fingerprint density at radius 2 is 1.03 bits per heavy atom. The summed E-state index contributed by atoms with van der Waals surface area (Å²) >= 11 is 0. The quantitative estimate of drug-likeness (QED) is 0.254. The van der Waals surface area contributed by atoms with E-state index in [9.17, 15) is 0 Å². The van der Waals surface area contributed by atoms with E-state index in [4.69, 9.17) is 18.8 Å². The third kappa shape index (κ3) is 2.98. The number of pyridine rings is 2. The van der Waals surface area contributed by atoms with E-state index in [2.05, 4.69) is 59.5 Å². The Kier molecular flexibility index (Phi) is 4.16. The Morgan fingerprint density at radius 1 is 0.486 bits per heavy atom. The molecule has 0 N–H and O–H groups in total. The molecule has 0 fully saturated rings. The van der Waals surface area contributed by atoms with Gasteiger partial charge in [0.25, 0.3) is 0 Å². The molecular weight excluding hydrogens is 458 g/mol. The fraction of sp³-hybridized carbons (Fsp3) is 0. The maximum Gasteiger partial charge on any atom is 0.150 e. The summed E-state index contributed by atoms with van der Waals surface area (Å²) in [6.07, 6.45) is 3.59. The molecule has 0 spiro atoms. The van der Waals surface area contributed by atoms with Crippen LogP contribution in [-0.2, 0) is 0 Å². The van der Waals surface area contributed by atoms with Crippen molar-refractivity contribution < 1.29 is 8.83 Å². The normalized spacial score (nSPS) is 11.8. The lowest BCUT2D eigenvalue weighted by Crippen LogP contribution is -2.13. The molecule has 4 aromatic carbocycles. The molecule has 8 rings (SSSR count). The summed E-state index contributed by atoms with van der Waals surface area (Å²) in [7, 11) is 0. The standard InChI is InChI=1S/C32H19N3O2/c1-2-8-21-19-22(14-13-20(21)7-1)35(31-29-23-9-3-5-11-25(23)36-27(29)15-17-33-31)32-30-24-10-4-6-12-26(24)37-28(30)16-18-34-32/h1-19H. The van der Waals surface area contributed by atoms with Gasteiger partial charge in [0.2, 0.25) is 0 Å². The average molecular weight is 478 g/mol. The predicted octanol–water partition coefficient (Wildman–Crippen LogP) is 8.90. The highest BCUT2D eigenvalue weighted by molar-refractivity contribution is 6.16. The Hall–Kier alpha value is -5.16. The van der Waals surface area contributed by atoms with Crippen molar-refractivity contribution in [1.82, 2.24) is 9.97 Å². The van der Waals surface area contributed by atoms with Crippen molar-refractivity contribution >= 4 is 72.0 Å². The van der Waals surface area contributed by atoms with Gasteiger partial charge in [-0.25, -0.2) is 9.97 Å². The molecule has 0 amide bonds. The lowest BCUT2D eigenvalue weighted by atomic mass is 10.1. The molecule has 174 valence electrons. The second kappa shape index (κ2) is 7.67. The highest BCUT2D eigenvalue weighted by Crippen LogP contribution is 2.45. The van der Waals surface area contributed by atoms with Crippen LogP contribution in [0.2, 0.25) is 0 Å². The van der Waals surface area contributed by atoms with E-state index in [1.807, 2.05) is 48.5 Å². The first-order valence-electron chi connectivity index (χ1n) is 12.2. The number of fused-ring (bicyclic) bond motifs is 7. The van der Waals surface area contributed by atoms with E-state index in [1.54, 1.807) is 12.4 Å². The van der Waals surface area contributed by atoms with Crippen molar-refractivity contribution in [1.29, 1.82) is 0 Å². The van der Waals surface area contributed by atoms with Gasteiger partial charge in [-0.15, -0.1) is 0 Å². The molecule has 0 saturated carbocycles. The van der Waals surface area contributed by atoms with Crippen molar-refractivity contribution in [3.05, 3.63) is 116 Å². The van der Waals surface area contributed by atoms with Crippen LogP contribution >= 0.6 is 0 Å². The van der Waals surface area contributed by atoms with E-state index < -0.39 is 0 Å². The minimum atomic E-state index is 0.753. The number of anilines is 3. The second-order valence-electron chi connectivity index (χ2n) is 9.08. The van der Waals surface area contributed by atoms with Crippen molar-refractivity contribution in [2.24, 2.45) is 0 Å². The summed E-state index contributed by atoms with van der Waals surface area (Å²) in [6, 6.07) is 34.8. The highest BCUT2D eigenvalue weighted by Gasteiger charge is 2.25. The number of hydrogen-bond donors (Lipinski definition) is 0. The zero-order valence-electron chi connectivity index (χ0n) is 19.6. The molecule has 37 heavy (non-hydrogen) atoms. The first kappa shape index (κ1) is 20.1. The fourth-order valence-corrected chi connectivity index (χ4v) is 5.30. The molecule has 4 heterocycles. The van der Waals surface area contributed by atoms with Crippen LogP contribution in [0, 0.1) is 0 Å². The zero-order valence-corrected chi connectivity index (χ0v) is 19.6. The zero-order chi connectivity index (χ0) is 24.3. The summed E-state index contributed by atoms with van der Waals surface area (Å²) in [6.45, 7) is 0. The van der Waals surface area contributed by atoms with Crippen LogP contribution in [0.3, 0.4) is 0 Å². The van der Waals surface area contributed by atoms with Gasteiger partial charge in [-0.1, -0.05) is 66.7 Å². The Morgan fingerprint density at radius 3 is 1.65 bits per heavy atom. The van der Waals surface area contributed by atoms with Crippen LogP contribution in [-0.4, -0.2) is 9.97 Å². The molecule has 8 aromatic rings. The summed E-state index contributed by atoms with van der Waals surface area (Å²) < 4.78 is 12.4. The molecule has 0 aliphatic carbocycles. The molecule has 0 saturated heterocycles. The summed E-state index contributed by atoms with van der Waals surface area (Å²) in [4.78, 5) is 12.0. The molecule has 5 heteroatoms. The Balaban J connectivity index is 1.51. The Bertz CT molecular complexity index is 2010. The van der Waals surface area contributed by atoms with Gasteiger partial charge in [0.15, 0.2) is 11.6 Å². The molecule has 4 aromatic heterocycles. The molecular formula is C32H19N3O2. The van der Waals surface area contributed by atoms with Crippen LogP contribution in [0.5, 0.6) is 0 Å². The minimum Gasteiger partial charge on any atom is -0.456 e. The van der Waals surface area contributed by atoms with E-state index >= 15 is 0 Å². The number of rotatable bonds is 3. The minimum absolute atomic E-state index is 0.753. The van der Waals surface area contributed by atoms with Gasteiger partial charge in [0.05, 0.1) is 10.8 Å². The smallest absolute Gasteiger partial charge is 0.150 e. The number of aromatic nitrogens is 2. The number of hydrogen-bond acceptors (Lipinski definition) is 5. The number of benzene rings is 4. The predicted molar refractivity (Wildman–Crippen MR) is 149 cm³/mol. The largest absolute Gasteiger partial charge is 0.456 e. The first-order valence-corrected chi connectivity index (χ1v) is 12.2. The van der Waals surface area contributed by atoms with E-state index in [0.717, 1.165) is 66.6 Å². The third-order valence-corrected chi connectivity index (χ3v) is 6.95. The molecule has 0 radical (unpaired) electrons. The summed E-state index contributed by atoms with van der Waals surface area (Å²) in [5, 5.41) is 6.21. The van der Waals surface area contributed by atoms with E-state index in [-0.39, 0.29) is 0 Å². The molecule has 0 aliphatic heterocycles. The average Bonchev–Trinajstić information content (AvgIpc) is 3.52. The molecule has 0 aliphatic rings. The molecule has 5 nitrogen and oxygen atoms in total. The van der Waals surface area contributed by atoms with Gasteiger partial charge in [-0.3, -0.25) is 4.90 Å². The van der Waals surface area contributed by atoms with Gasteiger partial charge in [0, 0.05) is 28.9 Å². The summed E-state index contributed by atoms with van der Waals surface area (Å²) in [5.74, 6) is 1.51. The maximum absolute atomic E-state index is 6.22. The van der Waals surface area contributed by atoms with Gasteiger partial charge in [-0.05, 0) is 47.2 Å². The molecule has 0 unspecified atom stereocenters. The molecule has 0 atom stereocenters.